The summed E-state index contributed by atoms with van der Waals surface area (Å²) in [4.78, 5) is 15.4. The second-order valence-electron chi connectivity index (χ2n) is 4.53. The van der Waals surface area contributed by atoms with Gasteiger partial charge in [-0.3, -0.25) is 0 Å². The van der Waals surface area contributed by atoms with Crippen LogP contribution >= 0.6 is 0 Å². The van der Waals surface area contributed by atoms with Gasteiger partial charge in [0.05, 0.1) is 5.56 Å². The van der Waals surface area contributed by atoms with Crippen molar-refractivity contribution in [2.45, 2.75) is 19.8 Å². The van der Waals surface area contributed by atoms with Crippen molar-refractivity contribution >= 4 is 5.97 Å². The zero-order valence-electron chi connectivity index (χ0n) is 11.7. The van der Waals surface area contributed by atoms with Crippen molar-refractivity contribution in [2.75, 3.05) is 6.61 Å². The number of carbonyl (C=O) groups is 1. The van der Waals surface area contributed by atoms with E-state index in [0.29, 0.717) is 24.3 Å². The molecule has 0 unspecified atom stereocenters. The van der Waals surface area contributed by atoms with E-state index in [1.165, 1.54) is 12.1 Å². The van der Waals surface area contributed by atoms with Gasteiger partial charge in [-0.15, -0.1) is 0 Å². The minimum absolute atomic E-state index is 0.0170. The van der Waals surface area contributed by atoms with Crippen molar-refractivity contribution < 1.29 is 19.7 Å². The first-order valence-electron chi connectivity index (χ1n) is 6.75. The van der Waals surface area contributed by atoms with Gasteiger partial charge in [0, 0.05) is 18.4 Å². The molecule has 0 saturated carbocycles. The molecule has 2 aromatic rings. The molecule has 5 heteroatoms. The fourth-order valence-corrected chi connectivity index (χ4v) is 1.96. The molecule has 0 fully saturated rings. The highest BCUT2D eigenvalue weighted by Gasteiger charge is 2.11. The minimum atomic E-state index is -1.01. The third-order valence-corrected chi connectivity index (χ3v) is 3.03. The number of carboxylic acids is 1. The van der Waals surface area contributed by atoms with Crippen LogP contribution in [0.4, 0.5) is 0 Å². The lowest BCUT2D eigenvalue weighted by Crippen LogP contribution is -2.02. The van der Waals surface area contributed by atoms with Crippen LogP contribution in [0.5, 0.6) is 11.6 Å². The third kappa shape index (κ3) is 3.79. The van der Waals surface area contributed by atoms with Crippen LogP contribution in [-0.2, 0) is 12.8 Å². The van der Waals surface area contributed by atoms with Crippen LogP contribution in [0, 0.1) is 0 Å². The summed E-state index contributed by atoms with van der Waals surface area (Å²) < 4.78 is 5.71. The van der Waals surface area contributed by atoms with Crippen molar-refractivity contribution in [3.05, 3.63) is 53.2 Å². The van der Waals surface area contributed by atoms with Crippen LogP contribution in [0.1, 0.15) is 28.5 Å². The quantitative estimate of drug-likeness (QED) is 0.853. The topological polar surface area (TPSA) is 79.7 Å². The Morgan fingerprint density at radius 3 is 2.71 bits per heavy atom. The number of carboxylic acid groups (broad SMARTS) is 1. The normalized spacial score (nSPS) is 10.4. The molecule has 0 aliphatic carbocycles. The lowest BCUT2D eigenvalue weighted by Gasteiger charge is -2.11. The standard InChI is InChI=1S/C16H17NO4/c1-2-13-9-12(16(19)20)10-15(17-13)21-14-6-4-3-5-11(14)7-8-18/h3-6,9-10,18H,2,7-8H2,1H3,(H,19,20). The first kappa shape index (κ1) is 15.0. The molecule has 0 aliphatic rings. The Bertz CT molecular complexity index is 640. The monoisotopic (exact) mass is 287 g/mol. The minimum Gasteiger partial charge on any atom is -0.478 e. The molecule has 0 atom stereocenters. The molecule has 0 aliphatic heterocycles. The molecule has 0 radical (unpaired) electrons. The number of aryl methyl sites for hydroxylation is 1. The van der Waals surface area contributed by atoms with E-state index >= 15 is 0 Å². The Morgan fingerprint density at radius 1 is 1.29 bits per heavy atom. The molecular formula is C16H17NO4. The lowest BCUT2D eigenvalue weighted by atomic mass is 10.1. The number of para-hydroxylation sites is 1. The number of pyridine rings is 1. The number of hydrogen-bond acceptors (Lipinski definition) is 4. The molecule has 1 aromatic heterocycles. The van der Waals surface area contributed by atoms with Gasteiger partial charge in [-0.05, 0) is 30.5 Å². The van der Waals surface area contributed by atoms with Gasteiger partial charge in [-0.2, -0.15) is 0 Å². The molecule has 0 spiro atoms. The molecule has 1 aromatic carbocycles. The molecule has 0 saturated heterocycles. The van der Waals surface area contributed by atoms with Gasteiger partial charge in [0.2, 0.25) is 5.88 Å². The zero-order chi connectivity index (χ0) is 15.2. The van der Waals surface area contributed by atoms with Crippen LogP contribution < -0.4 is 4.74 Å². The average Bonchev–Trinajstić information content (AvgIpc) is 2.49. The summed E-state index contributed by atoms with van der Waals surface area (Å²) in [6, 6.07) is 10.2. The van der Waals surface area contributed by atoms with Gasteiger partial charge in [0.1, 0.15) is 5.75 Å². The van der Waals surface area contributed by atoms with E-state index in [-0.39, 0.29) is 18.1 Å². The fraction of sp³-hybridized carbons (Fsp3) is 0.250. The highest BCUT2D eigenvalue weighted by molar-refractivity contribution is 5.88. The van der Waals surface area contributed by atoms with E-state index < -0.39 is 5.97 Å². The Balaban J connectivity index is 2.35. The van der Waals surface area contributed by atoms with E-state index in [9.17, 15) is 4.79 Å². The summed E-state index contributed by atoms with van der Waals surface area (Å²) in [5.74, 6) is -0.193. The maximum Gasteiger partial charge on any atom is 0.335 e. The predicted molar refractivity (Wildman–Crippen MR) is 77.9 cm³/mol. The number of rotatable bonds is 6. The number of aliphatic hydroxyl groups is 1. The van der Waals surface area contributed by atoms with Crippen molar-refractivity contribution in [2.24, 2.45) is 0 Å². The molecule has 21 heavy (non-hydrogen) atoms. The van der Waals surface area contributed by atoms with Crippen LogP contribution in [0.3, 0.4) is 0 Å². The highest BCUT2D eigenvalue weighted by atomic mass is 16.5. The summed E-state index contributed by atoms with van der Waals surface area (Å²) in [5, 5.41) is 18.2. The molecule has 2 N–H and O–H groups in total. The summed E-state index contributed by atoms with van der Waals surface area (Å²) in [6.07, 6.45) is 1.09. The number of aromatic nitrogens is 1. The first-order chi connectivity index (χ1) is 10.1. The molecule has 0 amide bonds. The first-order valence-corrected chi connectivity index (χ1v) is 6.75. The smallest absolute Gasteiger partial charge is 0.335 e. The molecule has 1 heterocycles. The van der Waals surface area contributed by atoms with Gasteiger partial charge in [-0.25, -0.2) is 9.78 Å². The van der Waals surface area contributed by atoms with E-state index in [1.54, 1.807) is 6.07 Å². The Morgan fingerprint density at radius 2 is 2.05 bits per heavy atom. The van der Waals surface area contributed by atoms with Crippen LogP contribution in [0.25, 0.3) is 0 Å². The number of benzene rings is 1. The third-order valence-electron chi connectivity index (χ3n) is 3.03. The van der Waals surface area contributed by atoms with E-state index in [2.05, 4.69) is 4.98 Å². The summed E-state index contributed by atoms with van der Waals surface area (Å²) in [5.41, 5.74) is 1.65. The molecule has 110 valence electrons. The van der Waals surface area contributed by atoms with Crippen LogP contribution in [0.15, 0.2) is 36.4 Å². The maximum atomic E-state index is 11.1. The van der Waals surface area contributed by atoms with Crippen molar-refractivity contribution in [3.63, 3.8) is 0 Å². The van der Waals surface area contributed by atoms with E-state index in [0.717, 1.165) is 5.56 Å². The molecule has 0 bridgehead atoms. The number of nitrogens with zero attached hydrogens (tertiary/aromatic N) is 1. The van der Waals surface area contributed by atoms with Crippen LogP contribution in [-0.4, -0.2) is 27.8 Å². The molecular weight excluding hydrogens is 270 g/mol. The largest absolute Gasteiger partial charge is 0.478 e. The van der Waals surface area contributed by atoms with Crippen molar-refractivity contribution in [1.29, 1.82) is 0 Å². The summed E-state index contributed by atoms with van der Waals surface area (Å²) in [6.45, 7) is 1.92. The predicted octanol–water partition coefficient (Wildman–Crippen LogP) is 2.67. The van der Waals surface area contributed by atoms with E-state index in [1.807, 2.05) is 25.1 Å². The molecule has 5 nitrogen and oxygen atoms in total. The van der Waals surface area contributed by atoms with Gasteiger partial charge in [-0.1, -0.05) is 25.1 Å². The Hall–Kier alpha value is -2.40. The molecule has 2 rings (SSSR count). The summed E-state index contributed by atoms with van der Waals surface area (Å²) >= 11 is 0. The second kappa shape index (κ2) is 6.85. The zero-order valence-corrected chi connectivity index (χ0v) is 11.7. The number of hydrogen-bond donors (Lipinski definition) is 2. The fourth-order valence-electron chi connectivity index (χ4n) is 1.96. The maximum absolute atomic E-state index is 11.1. The Labute approximate surface area is 122 Å². The van der Waals surface area contributed by atoms with Crippen LogP contribution in [0.2, 0.25) is 0 Å². The summed E-state index contributed by atoms with van der Waals surface area (Å²) in [7, 11) is 0. The van der Waals surface area contributed by atoms with Gasteiger partial charge in [0.25, 0.3) is 0 Å². The SMILES string of the molecule is CCc1cc(C(=O)O)cc(Oc2ccccc2CCO)n1. The van der Waals surface area contributed by atoms with Gasteiger partial charge < -0.3 is 14.9 Å². The average molecular weight is 287 g/mol. The number of aliphatic hydroxyl groups excluding tert-OH is 1. The van der Waals surface area contributed by atoms with Gasteiger partial charge >= 0.3 is 5.97 Å². The lowest BCUT2D eigenvalue weighted by molar-refractivity contribution is 0.0696. The number of ether oxygens (including phenoxy) is 1. The van der Waals surface area contributed by atoms with Crippen molar-refractivity contribution in [1.82, 2.24) is 4.98 Å². The van der Waals surface area contributed by atoms with E-state index in [4.69, 9.17) is 14.9 Å². The highest BCUT2D eigenvalue weighted by Crippen LogP contribution is 2.25. The number of aromatic carboxylic acids is 1. The van der Waals surface area contributed by atoms with Crippen molar-refractivity contribution in [3.8, 4) is 11.6 Å². The Kier molecular flexibility index (Phi) is 4.90. The second-order valence-corrected chi connectivity index (χ2v) is 4.53. The van der Waals surface area contributed by atoms with Gasteiger partial charge in [0.15, 0.2) is 0 Å².